The Morgan fingerprint density at radius 2 is 2.56 bits per heavy atom. The first kappa shape index (κ1) is 12.0. The number of nitrogens with zero attached hydrogens (tertiary/aromatic N) is 5. The van der Waals surface area contributed by atoms with Gasteiger partial charge in [-0.1, -0.05) is 5.11 Å². The van der Waals surface area contributed by atoms with Crippen LogP contribution in [0, 0.1) is 18.3 Å². The molecule has 1 unspecified atom stereocenters. The topological polar surface area (TPSA) is 97.5 Å². The first-order valence-corrected chi connectivity index (χ1v) is 4.84. The third kappa shape index (κ3) is 3.24. The van der Waals surface area contributed by atoms with E-state index in [1.54, 1.807) is 12.4 Å². The molecule has 1 N–H and O–H groups in total. The average molecular weight is 216 g/mol. The molecule has 6 nitrogen and oxygen atoms in total. The van der Waals surface area contributed by atoms with Crippen molar-refractivity contribution in [3.63, 3.8) is 0 Å². The normalized spacial score (nSPS) is 11.2. The number of hydrogen-bond acceptors (Lipinski definition) is 4. The predicted molar refractivity (Wildman–Crippen MR) is 59.3 cm³/mol. The van der Waals surface area contributed by atoms with Crippen LogP contribution in [0.5, 0.6) is 0 Å². The van der Waals surface area contributed by atoms with Crippen LogP contribution in [0.4, 0.5) is 0 Å². The summed E-state index contributed by atoms with van der Waals surface area (Å²) in [4.78, 5) is 6.62. The number of azide groups is 1. The van der Waals surface area contributed by atoms with E-state index in [9.17, 15) is 0 Å². The summed E-state index contributed by atoms with van der Waals surface area (Å²) in [6.45, 7) is 2.72. The van der Waals surface area contributed by atoms with Gasteiger partial charge in [-0.25, -0.2) is 0 Å². The molecule has 0 saturated heterocycles. The van der Waals surface area contributed by atoms with Gasteiger partial charge in [0.25, 0.3) is 0 Å². The van der Waals surface area contributed by atoms with Crippen molar-refractivity contribution in [2.24, 2.45) is 5.11 Å². The van der Waals surface area contributed by atoms with Gasteiger partial charge in [-0.05, 0) is 24.1 Å². The minimum atomic E-state index is -0.414. The highest BCUT2D eigenvalue weighted by atomic mass is 15.1. The molecular formula is C10H12N6. The fourth-order valence-corrected chi connectivity index (χ4v) is 1.31. The molecule has 1 atom stereocenters. The first-order chi connectivity index (χ1) is 7.79. The Bertz CT molecular complexity index is 429. The van der Waals surface area contributed by atoms with Crippen LogP contribution in [0.3, 0.4) is 0 Å². The van der Waals surface area contributed by atoms with Crippen LogP contribution in [0.1, 0.15) is 17.2 Å². The van der Waals surface area contributed by atoms with Gasteiger partial charge in [-0.15, -0.1) is 0 Å². The molecule has 0 aliphatic heterocycles. The quantitative estimate of drug-likeness (QED) is 0.352. The lowest BCUT2D eigenvalue weighted by Gasteiger charge is -2.12. The van der Waals surface area contributed by atoms with Gasteiger partial charge in [0.2, 0.25) is 0 Å². The van der Waals surface area contributed by atoms with Gasteiger partial charge < -0.3 is 0 Å². The molecule has 0 spiro atoms. The molecule has 82 valence electrons. The van der Waals surface area contributed by atoms with Gasteiger partial charge in [-0.2, -0.15) is 5.26 Å². The second-order valence-electron chi connectivity index (χ2n) is 3.20. The van der Waals surface area contributed by atoms with E-state index in [4.69, 9.17) is 10.8 Å². The van der Waals surface area contributed by atoms with E-state index in [0.29, 0.717) is 13.1 Å². The molecule has 0 fully saturated rings. The summed E-state index contributed by atoms with van der Waals surface area (Å²) < 4.78 is 0. The van der Waals surface area contributed by atoms with Crippen molar-refractivity contribution >= 4 is 0 Å². The number of rotatable bonds is 5. The summed E-state index contributed by atoms with van der Waals surface area (Å²) in [7, 11) is 0. The summed E-state index contributed by atoms with van der Waals surface area (Å²) >= 11 is 0. The largest absolute Gasteiger partial charge is 0.298 e. The summed E-state index contributed by atoms with van der Waals surface area (Å²) in [6.07, 6.45) is 3.36. The second-order valence-corrected chi connectivity index (χ2v) is 3.20. The van der Waals surface area contributed by atoms with Gasteiger partial charge in [0.15, 0.2) is 0 Å². The Morgan fingerprint density at radius 3 is 3.19 bits per heavy atom. The SMILES string of the molecule is Cc1ccncc1C(C#N)NCCN=[N+]=[N-]. The zero-order valence-corrected chi connectivity index (χ0v) is 8.96. The van der Waals surface area contributed by atoms with E-state index in [0.717, 1.165) is 11.1 Å². The van der Waals surface area contributed by atoms with Crippen molar-refractivity contribution in [2.75, 3.05) is 13.1 Å². The molecule has 6 heteroatoms. The van der Waals surface area contributed by atoms with Crippen molar-refractivity contribution in [1.82, 2.24) is 10.3 Å². The molecule has 0 saturated carbocycles. The zero-order chi connectivity index (χ0) is 11.8. The van der Waals surface area contributed by atoms with E-state index in [2.05, 4.69) is 26.4 Å². The maximum absolute atomic E-state index is 9.02. The lowest BCUT2D eigenvalue weighted by atomic mass is 10.1. The van der Waals surface area contributed by atoms with Crippen LogP contribution in [-0.2, 0) is 0 Å². The van der Waals surface area contributed by atoms with Crippen LogP contribution in [-0.4, -0.2) is 18.1 Å². The lowest BCUT2D eigenvalue weighted by Crippen LogP contribution is -2.23. The van der Waals surface area contributed by atoms with E-state index in [1.165, 1.54) is 0 Å². The van der Waals surface area contributed by atoms with Crippen LogP contribution in [0.25, 0.3) is 10.4 Å². The van der Waals surface area contributed by atoms with Crippen molar-refractivity contribution in [3.05, 3.63) is 40.0 Å². The number of nitrogens with one attached hydrogen (secondary N) is 1. The average Bonchev–Trinajstić information content (AvgIpc) is 2.31. The fraction of sp³-hybridized carbons (Fsp3) is 0.400. The summed E-state index contributed by atoms with van der Waals surface area (Å²) in [5.74, 6) is 0. The molecule has 1 aromatic rings. The molecule has 0 bridgehead atoms. The highest BCUT2D eigenvalue weighted by Gasteiger charge is 2.11. The van der Waals surface area contributed by atoms with E-state index < -0.39 is 6.04 Å². The Kier molecular flexibility index (Phi) is 4.80. The van der Waals surface area contributed by atoms with E-state index in [1.807, 2.05) is 13.0 Å². The van der Waals surface area contributed by atoms with Gasteiger partial charge in [0.1, 0.15) is 6.04 Å². The Morgan fingerprint density at radius 1 is 1.75 bits per heavy atom. The zero-order valence-electron chi connectivity index (χ0n) is 8.96. The van der Waals surface area contributed by atoms with Crippen LogP contribution in [0.2, 0.25) is 0 Å². The van der Waals surface area contributed by atoms with Crippen molar-refractivity contribution in [1.29, 1.82) is 5.26 Å². The first-order valence-electron chi connectivity index (χ1n) is 4.84. The van der Waals surface area contributed by atoms with Crippen LogP contribution >= 0.6 is 0 Å². The molecule has 0 amide bonds. The highest BCUT2D eigenvalue weighted by molar-refractivity contribution is 5.28. The van der Waals surface area contributed by atoms with Gasteiger partial charge >= 0.3 is 0 Å². The summed E-state index contributed by atoms with van der Waals surface area (Å²) in [5, 5.41) is 15.4. The Labute approximate surface area is 93.6 Å². The molecule has 1 rings (SSSR count). The summed E-state index contributed by atoms with van der Waals surface area (Å²) in [6, 6.07) is 3.59. The lowest BCUT2D eigenvalue weighted by molar-refractivity contribution is 0.631. The predicted octanol–water partition coefficient (Wildman–Crippen LogP) is 1.85. The van der Waals surface area contributed by atoms with Crippen LogP contribution in [0.15, 0.2) is 23.6 Å². The second kappa shape index (κ2) is 6.40. The fourth-order valence-electron chi connectivity index (χ4n) is 1.31. The maximum atomic E-state index is 9.02. The van der Waals surface area contributed by atoms with Gasteiger partial charge in [0, 0.05) is 36.0 Å². The number of aromatic nitrogens is 1. The van der Waals surface area contributed by atoms with Gasteiger partial charge in [0.05, 0.1) is 6.07 Å². The Hall–Kier alpha value is -2.09. The molecule has 0 aliphatic carbocycles. The minimum Gasteiger partial charge on any atom is -0.298 e. The molecule has 0 aliphatic rings. The molecule has 1 aromatic heterocycles. The molecule has 1 heterocycles. The van der Waals surface area contributed by atoms with Crippen molar-refractivity contribution < 1.29 is 0 Å². The third-order valence-corrected chi connectivity index (χ3v) is 2.14. The Balaban J connectivity index is 2.65. The molecule has 0 aromatic carbocycles. The van der Waals surface area contributed by atoms with Gasteiger partial charge in [-0.3, -0.25) is 10.3 Å². The monoisotopic (exact) mass is 216 g/mol. The molecular weight excluding hydrogens is 204 g/mol. The standard InChI is InChI=1S/C10H12N6/c1-8-2-3-13-7-9(8)10(6-11)14-4-5-15-16-12/h2-3,7,10,14H,4-5H2,1H3. The molecule has 16 heavy (non-hydrogen) atoms. The highest BCUT2D eigenvalue weighted by Crippen LogP contribution is 2.14. The van der Waals surface area contributed by atoms with Crippen molar-refractivity contribution in [3.8, 4) is 6.07 Å². The number of aryl methyl sites for hydroxylation is 1. The number of nitriles is 1. The third-order valence-electron chi connectivity index (χ3n) is 2.14. The number of hydrogen-bond donors (Lipinski definition) is 1. The smallest absolute Gasteiger partial charge is 0.123 e. The maximum Gasteiger partial charge on any atom is 0.123 e. The van der Waals surface area contributed by atoms with E-state index >= 15 is 0 Å². The minimum absolute atomic E-state index is 0.327. The number of pyridine rings is 1. The van der Waals surface area contributed by atoms with Crippen LogP contribution < -0.4 is 5.32 Å². The van der Waals surface area contributed by atoms with E-state index in [-0.39, 0.29) is 0 Å². The van der Waals surface area contributed by atoms with Crippen molar-refractivity contribution in [2.45, 2.75) is 13.0 Å². The molecule has 0 radical (unpaired) electrons. The summed E-state index contributed by atoms with van der Waals surface area (Å²) in [5.41, 5.74) is 9.97.